The molecule has 6 heteroatoms. The molecule has 0 saturated heterocycles. The van der Waals surface area contributed by atoms with Crippen LogP contribution in [0.2, 0.25) is 0 Å². The number of nitrogens with one attached hydrogen (secondary N) is 1. The Bertz CT molecular complexity index is 982. The summed E-state index contributed by atoms with van der Waals surface area (Å²) in [5.41, 5.74) is 1.93. The topological polar surface area (TPSA) is 68.9 Å². The molecule has 4 nitrogen and oxygen atoms in total. The summed E-state index contributed by atoms with van der Waals surface area (Å²) in [6.07, 6.45) is 0.274. The predicted molar refractivity (Wildman–Crippen MR) is 91.0 cm³/mol. The molecule has 1 aromatic heterocycles. The number of nitrogens with zero attached hydrogens (tertiary/aromatic N) is 2. The van der Waals surface area contributed by atoms with Gasteiger partial charge in [-0.15, -0.1) is 0 Å². The van der Waals surface area contributed by atoms with Crippen LogP contribution >= 0.6 is 0 Å². The Morgan fingerprint density at radius 1 is 1.28 bits per heavy atom. The molecule has 0 aliphatic heterocycles. The second-order valence-electron chi connectivity index (χ2n) is 5.70. The van der Waals surface area contributed by atoms with Crippen molar-refractivity contribution >= 4 is 16.6 Å². The van der Waals surface area contributed by atoms with Crippen LogP contribution in [0.5, 0.6) is 0 Å². The lowest BCUT2D eigenvalue weighted by Gasteiger charge is -2.16. The molecule has 126 valence electrons. The van der Waals surface area contributed by atoms with Gasteiger partial charge in [-0.2, -0.15) is 5.26 Å². The molecular formula is C19H15F2N3O. The summed E-state index contributed by atoms with van der Waals surface area (Å²) in [5.74, 6) is -0.960. The maximum atomic E-state index is 13.8. The van der Waals surface area contributed by atoms with Crippen LogP contribution in [0.3, 0.4) is 0 Å². The summed E-state index contributed by atoms with van der Waals surface area (Å²) in [4.78, 5) is 4.20. The largest absolute Gasteiger partial charge is 0.386 e. The lowest BCUT2D eigenvalue weighted by Crippen LogP contribution is -2.14. The van der Waals surface area contributed by atoms with Gasteiger partial charge in [0, 0.05) is 23.7 Å². The molecule has 1 heterocycles. The van der Waals surface area contributed by atoms with Crippen molar-refractivity contribution in [1.82, 2.24) is 4.98 Å². The van der Waals surface area contributed by atoms with Crippen molar-refractivity contribution in [3.05, 3.63) is 70.9 Å². The van der Waals surface area contributed by atoms with Gasteiger partial charge in [-0.3, -0.25) is 4.98 Å². The van der Waals surface area contributed by atoms with Crippen LogP contribution in [0.1, 0.15) is 22.8 Å². The molecule has 0 aliphatic rings. The van der Waals surface area contributed by atoms with E-state index in [4.69, 9.17) is 0 Å². The summed E-state index contributed by atoms with van der Waals surface area (Å²) in [7, 11) is 0. The molecule has 0 spiro atoms. The van der Waals surface area contributed by atoms with E-state index < -0.39 is 17.7 Å². The van der Waals surface area contributed by atoms with Gasteiger partial charge in [-0.25, -0.2) is 8.78 Å². The number of aryl methyl sites for hydroxylation is 1. The van der Waals surface area contributed by atoms with Gasteiger partial charge in [0.25, 0.3) is 0 Å². The van der Waals surface area contributed by atoms with Crippen molar-refractivity contribution < 1.29 is 13.9 Å². The predicted octanol–water partition coefficient (Wildman–Crippen LogP) is 3.84. The van der Waals surface area contributed by atoms with E-state index in [0.717, 1.165) is 0 Å². The van der Waals surface area contributed by atoms with Crippen molar-refractivity contribution in [3.63, 3.8) is 0 Å². The molecule has 0 aliphatic carbocycles. The fourth-order valence-corrected chi connectivity index (χ4v) is 2.77. The smallest absolute Gasteiger partial charge is 0.129 e. The van der Waals surface area contributed by atoms with Crippen molar-refractivity contribution in [1.29, 1.82) is 5.26 Å². The van der Waals surface area contributed by atoms with Crippen LogP contribution < -0.4 is 5.32 Å². The molecule has 2 aromatic carbocycles. The molecule has 1 unspecified atom stereocenters. The summed E-state index contributed by atoms with van der Waals surface area (Å²) < 4.78 is 27.6. The van der Waals surface area contributed by atoms with Gasteiger partial charge in [0.15, 0.2) is 0 Å². The van der Waals surface area contributed by atoms with E-state index >= 15 is 0 Å². The number of rotatable bonds is 4. The Morgan fingerprint density at radius 3 is 2.76 bits per heavy atom. The molecular weight excluding hydrogens is 324 g/mol. The van der Waals surface area contributed by atoms with Crippen molar-refractivity contribution in [2.75, 3.05) is 11.9 Å². The Balaban J connectivity index is 1.98. The number of aliphatic hydroxyl groups excluding tert-OH is 1. The molecule has 3 aromatic rings. The number of benzene rings is 2. The van der Waals surface area contributed by atoms with Crippen LogP contribution in [0.4, 0.5) is 14.5 Å². The molecule has 25 heavy (non-hydrogen) atoms. The minimum Gasteiger partial charge on any atom is -0.386 e. The van der Waals surface area contributed by atoms with Gasteiger partial charge >= 0.3 is 0 Å². The number of hydrogen-bond donors (Lipinski definition) is 2. The van der Waals surface area contributed by atoms with Crippen LogP contribution in [-0.4, -0.2) is 16.6 Å². The first-order valence-electron chi connectivity index (χ1n) is 7.66. The van der Waals surface area contributed by atoms with Crippen molar-refractivity contribution in [3.8, 4) is 6.07 Å². The second kappa shape index (κ2) is 6.83. The highest BCUT2D eigenvalue weighted by Gasteiger charge is 2.16. The minimum absolute atomic E-state index is 0.0374. The Hall–Kier alpha value is -3.04. The summed E-state index contributed by atoms with van der Waals surface area (Å²) in [6.45, 7) is 1.69. The van der Waals surface area contributed by atoms with Crippen molar-refractivity contribution in [2.24, 2.45) is 0 Å². The number of nitriles is 1. The Labute approximate surface area is 143 Å². The van der Waals surface area contributed by atoms with Gasteiger partial charge < -0.3 is 10.4 Å². The summed E-state index contributed by atoms with van der Waals surface area (Å²) >= 11 is 0. The van der Waals surface area contributed by atoms with E-state index in [1.165, 1.54) is 36.5 Å². The molecule has 0 saturated carbocycles. The molecule has 0 bridgehead atoms. The molecule has 2 N–H and O–H groups in total. The number of hydrogen-bond acceptors (Lipinski definition) is 4. The summed E-state index contributed by atoms with van der Waals surface area (Å²) in [6, 6.07) is 10.6. The third kappa shape index (κ3) is 3.28. The molecule has 0 radical (unpaired) electrons. The maximum absolute atomic E-state index is 13.8. The fraction of sp³-hybridized carbons (Fsp3) is 0.158. The molecule has 0 amide bonds. The van der Waals surface area contributed by atoms with Gasteiger partial charge in [0.1, 0.15) is 17.7 Å². The first-order chi connectivity index (χ1) is 12.0. The van der Waals surface area contributed by atoms with Gasteiger partial charge in [0.05, 0.1) is 22.9 Å². The Kier molecular flexibility index (Phi) is 4.59. The SMILES string of the molecule is Cc1cc(F)cc2c(NCC(O)c3ccccc3F)c(C#N)cnc12. The number of anilines is 1. The zero-order chi connectivity index (χ0) is 18.0. The van der Waals surface area contributed by atoms with E-state index in [1.807, 2.05) is 6.07 Å². The lowest BCUT2D eigenvalue weighted by molar-refractivity contribution is 0.186. The standard InChI is InChI=1S/C19H15F2N3O/c1-11-6-13(20)7-15-18(11)23-9-12(8-22)19(15)24-10-17(25)14-4-2-3-5-16(14)21/h2-7,9,17,25H,10H2,1H3,(H,23,24). The highest BCUT2D eigenvalue weighted by atomic mass is 19.1. The average Bonchev–Trinajstić information content (AvgIpc) is 2.59. The van der Waals surface area contributed by atoms with Crippen LogP contribution in [0, 0.1) is 29.9 Å². The molecule has 3 rings (SSSR count). The van der Waals surface area contributed by atoms with Crippen LogP contribution in [0.15, 0.2) is 42.6 Å². The molecule has 0 fully saturated rings. The van der Waals surface area contributed by atoms with E-state index in [0.29, 0.717) is 22.2 Å². The highest BCUT2D eigenvalue weighted by molar-refractivity contribution is 5.95. The number of halogens is 2. The van der Waals surface area contributed by atoms with Crippen LogP contribution in [-0.2, 0) is 0 Å². The van der Waals surface area contributed by atoms with E-state index in [2.05, 4.69) is 10.3 Å². The van der Waals surface area contributed by atoms with Crippen molar-refractivity contribution in [2.45, 2.75) is 13.0 Å². The fourth-order valence-electron chi connectivity index (χ4n) is 2.77. The number of aliphatic hydroxyl groups is 1. The average molecular weight is 339 g/mol. The van der Waals surface area contributed by atoms with E-state index in [9.17, 15) is 19.1 Å². The normalized spacial score (nSPS) is 12.0. The van der Waals surface area contributed by atoms with Gasteiger partial charge in [-0.1, -0.05) is 18.2 Å². The lowest BCUT2D eigenvalue weighted by atomic mass is 10.0. The second-order valence-corrected chi connectivity index (χ2v) is 5.70. The zero-order valence-electron chi connectivity index (χ0n) is 13.4. The van der Waals surface area contributed by atoms with Gasteiger partial charge in [-0.05, 0) is 30.7 Å². The maximum Gasteiger partial charge on any atom is 0.129 e. The zero-order valence-corrected chi connectivity index (χ0v) is 13.4. The number of fused-ring (bicyclic) bond motifs is 1. The quantitative estimate of drug-likeness (QED) is 0.758. The van der Waals surface area contributed by atoms with E-state index in [1.54, 1.807) is 13.0 Å². The first kappa shape index (κ1) is 16.8. The molecule has 1 atom stereocenters. The van der Waals surface area contributed by atoms with Crippen LogP contribution in [0.25, 0.3) is 10.9 Å². The first-order valence-corrected chi connectivity index (χ1v) is 7.66. The highest BCUT2D eigenvalue weighted by Crippen LogP contribution is 2.29. The minimum atomic E-state index is -1.12. The third-order valence-electron chi connectivity index (χ3n) is 3.98. The van der Waals surface area contributed by atoms with Gasteiger partial charge in [0.2, 0.25) is 0 Å². The monoisotopic (exact) mass is 339 g/mol. The number of aromatic nitrogens is 1. The Morgan fingerprint density at radius 2 is 2.04 bits per heavy atom. The van der Waals surface area contributed by atoms with E-state index in [-0.39, 0.29) is 17.7 Å². The summed E-state index contributed by atoms with van der Waals surface area (Å²) in [5, 5.41) is 22.9. The third-order valence-corrected chi connectivity index (χ3v) is 3.98. The number of pyridine rings is 1.